The van der Waals surface area contributed by atoms with E-state index in [4.69, 9.17) is 4.74 Å². The van der Waals surface area contributed by atoms with Crippen LogP contribution in [0.15, 0.2) is 24.3 Å². The summed E-state index contributed by atoms with van der Waals surface area (Å²) in [5.74, 6) is -0.0317. The number of hydrogen-bond donors (Lipinski definition) is 1. The standard InChI is InChI=1S/C21H32N2O3/c1-20(2,3)18-8-6-17(7-9-18)19(24)23-12-13-26-16-21(25,15-23)14-22-10-4-5-11-22/h6-9,25H,4-5,10-16H2,1-3H3. The Bertz CT molecular complexity index is 617. The third kappa shape index (κ3) is 4.64. The Morgan fingerprint density at radius 1 is 1.15 bits per heavy atom. The van der Waals surface area contributed by atoms with Crippen LogP contribution in [-0.4, -0.2) is 72.4 Å². The number of nitrogens with zero attached hydrogens (tertiary/aromatic N) is 2. The number of rotatable bonds is 3. The monoisotopic (exact) mass is 360 g/mol. The van der Waals surface area contributed by atoms with Gasteiger partial charge in [0.15, 0.2) is 0 Å². The highest BCUT2D eigenvalue weighted by atomic mass is 16.5. The van der Waals surface area contributed by atoms with E-state index >= 15 is 0 Å². The summed E-state index contributed by atoms with van der Waals surface area (Å²) in [6, 6.07) is 7.85. The molecule has 1 unspecified atom stereocenters. The highest BCUT2D eigenvalue weighted by Gasteiger charge is 2.36. The Morgan fingerprint density at radius 3 is 2.42 bits per heavy atom. The summed E-state index contributed by atoms with van der Waals surface area (Å²) in [7, 11) is 0. The molecule has 5 heteroatoms. The Balaban J connectivity index is 1.71. The zero-order chi connectivity index (χ0) is 18.8. The Kier molecular flexibility index (Phi) is 5.70. The third-order valence-corrected chi connectivity index (χ3v) is 5.36. The number of amides is 1. The maximum absolute atomic E-state index is 13.0. The van der Waals surface area contributed by atoms with Crippen LogP contribution in [-0.2, 0) is 10.2 Å². The summed E-state index contributed by atoms with van der Waals surface area (Å²) < 4.78 is 5.63. The molecule has 0 saturated carbocycles. The molecule has 2 saturated heterocycles. The molecule has 3 rings (SSSR count). The van der Waals surface area contributed by atoms with Crippen LogP contribution in [0.25, 0.3) is 0 Å². The molecule has 0 bridgehead atoms. The van der Waals surface area contributed by atoms with Crippen molar-refractivity contribution >= 4 is 5.91 Å². The van der Waals surface area contributed by atoms with E-state index in [9.17, 15) is 9.90 Å². The molecule has 1 atom stereocenters. The van der Waals surface area contributed by atoms with E-state index in [1.807, 2.05) is 24.3 Å². The molecule has 26 heavy (non-hydrogen) atoms. The SMILES string of the molecule is CC(C)(C)c1ccc(C(=O)N2CCOCC(O)(CN3CCCC3)C2)cc1. The van der Waals surface area contributed by atoms with Gasteiger partial charge in [0.25, 0.3) is 5.91 Å². The molecule has 144 valence electrons. The maximum Gasteiger partial charge on any atom is 0.254 e. The largest absolute Gasteiger partial charge is 0.384 e. The van der Waals surface area contributed by atoms with Crippen LogP contribution in [0.1, 0.15) is 49.5 Å². The second-order valence-corrected chi connectivity index (χ2v) is 8.81. The van der Waals surface area contributed by atoms with Crippen LogP contribution >= 0.6 is 0 Å². The first kappa shape index (κ1) is 19.3. The van der Waals surface area contributed by atoms with E-state index < -0.39 is 5.60 Å². The molecule has 0 spiro atoms. The van der Waals surface area contributed by atoms with Crippen molar-refractivity contribution in [3.8, 4) is 0 Å². The number of benzene rings is 1. The van der Waals surface area contributed by atoms with E-state index in [0.29, 0.717) is 31.8 Å². The fourth-order valence-corrected chi connectivity index (χ4v) is 3.84. The fourth-order valence-electron chi connectivity index (χ4n) is 3.84. The van der Waals surface area contributed by atoms with Gasteiger partial charge in [0.05, 0.1) is 19.8 Å². The topological polar surface area (TPSA) is 53.0 Å². The predicted octanol–water partition coefficient (Wildman–Crippen LogP) is 2.28. The van der Waals surface area contributed by atoms with Gasteiger partial charge >= 0.3 is 0 Å². The number of ether oxygens (including phenoxy) is 1. The van der Waals surface area contributed by atoms with E-state index in [2.05, 4.69) is 25.7 Å². The molecule has 0 radical (unpaired) electrons. The summed E-state index contributed by atoms with van der Waals surface area (Å²) in [6.07, 6.45) is 2.36. The quantitative estimate of drug-likeness (QED) is 0.899. The van der Waals surface area contributed by atoms with Gasteiger partial charge in [0, 0.05) is 18.7 Å². The number of likely N-dealkylation sites (tertiary alicyclic amines) is 1. The van der Waals surface area contributed by atoms with Gasteiger partial charge in [-0.15, -0.1) is 0 Å². The zero-order valence-corrected chi connectivity index (χ0v) is 16.3. The van der Waals surface area contributed by atoms with E-state index in [-0.39, 0.29) is 17.9 Å². The second kappa shape index (κ2) is 7.67. The minimum absolute atomic E-state index is 0.0317. The molecule has 2 heterocycles. The summed E-state index contributed by atoms with van der Waals surface area (Å²) >= 11 is 0. The van der Waals surface area contributed by atoms with Crippen LogP contribution in [0.2, 0.25) is 0 Å². The van der Waals surface area contributed by atoms with Crippen molar-refractivity contribution in [1.82, 2.24) is 9.80 Å². The first-order valence-corrected chi connectivity index (χ1v) is 9.69. The van der Waals surface area contributed by atoms with Crippen LogP contribution in [0, 0.1) is 0 Å². The lowest BCUT2D eigenvalue weighted by Crippen LogP contribution is -2.53. The van der Waals surface area contributed by atoms with Gasteiger partial charge in [-0.3, -0.25) is 4.79 Å². The smallest absolute Gasteiger partial charge is 0.254 e. The van der Waals surface area contributed by atoms with Crippen LogP contribution in [0.3, 0.4) is 0 Å². The van der Waals surface area contributed by atoms with Gasteiger partial charge in [-0.2, -0.15) is 0 Å². The average molecular weight is 360 g/mol. The number of carbonyl (C=O) groups excluding carboxylic acids is 1. The maximum atomic E-state index is 13.0. The molecule has 2 aliphatic heterocycles. The van der Waals surface area contributed by atoms with Crippen molar-refractivity contribution < 1.29 is 14.6 Å². The lowest BCUT2D eigenvalue weighted by atomic mass is 9.86. The summed E-state index contributed by atoms with van der Waals surface area (Å²) in [4.78, 5) is 17.0. The lowest BCUT2D eigenvalue weighted by Gasteiger charge is -2.34. The molecule has 1 aromatic rings. The molecule has 1 amide bonds. The number of carbonyl (C=O) groups is 1. The van der Waals surface area contributed by atoms with Crippen molar-refractivity contribution in [1.29, 1.82) is 0 Å². The minimum atomic E-state index is -0.998. The molecular weight excluding hydrogens is 328 g/mol. The Morgan fingerprint density at radius 2 is 1.81 bits per heavy atom. The molecule has 2 fully saturated rings. The van der Waals surface area contributed by atoms with Crippen LogP contribution in [0.4, 0.5) is 0 Å². The summed E-state index contributed by atoms with van der Waals surface area (Å²) in [6.45, 7) is 10.7. The van der Waals surface area contributed by atoms with Crippen LogP contribution < -0.4 is 0 Å². The molecule has 0 aliphatic carbocycles. The fraction of sp³-hybridized carbons (Fsp3) is 0.667. The van der Waals surface area contributed by atoms with E-state index in [1.54, 1.807) is 4.90 Å². The van der Waals surface area contributed by atoms with Crippen molar-refractivity contribution in [2.24, 2.45) is 0 Å². The van der Waals surface area contributed by atoms with Gasteiger partial charge in [0.1, 0.15) is 5.60 Å². The predicted molar refractivity (Wildman–Crippen MR) is 102 cm³/mol. The van der Waals surface area contributed by atoms with Crippen molar-refractivity contribution in [2.75, 3.05) is 45.9 Å². The van der Waals surface area contributed by atoms with E-state index in [0.717, 1.165) is 13.1 Å². The van der Waals surface area contributed by atoms with Gasteiger partial charge < -0.3 is 19.6 Å². The van der Waals surface area contributed by atoms with Gasteiger partial charge in [-0.1, -0.05) is 32.9 Å². The summed E-state index contributed by atoms with van der Waals surface area (Å²) in [5, 5.41) is 11.1. The Labute approximate surface area is 156 Å². The number of β-amino-alcohol motifs (C(OH)–C–C–N with tert-alkyl or cyclic N) is 1. The van der Waals surface area contributed by atoms with Gasteiger partial charge in [-0.25, -0.2) is 0 Å². The first-order valence-electron chi connectivity index (χ1n) is 9.69. The molecule has 0 aromatic heterocycles. The molecule has 5 nitrogen and oxygen atoms in total. The van der Waals surface area contributed by atoms with E-state index in [1.165, 1.54) is 18.4 Å². The first-order chi connectivity index (χ1) is 12.3. The van der Waals surface area contributed by atoms with Gasteiger partial charge in [0.2, 0.25) is 0 Å². The number of aliphatic hydroxyl groups is 1. The third-order valence-electron chi connectivity index (χ3n) is 5.36. The highest BCUT2D eigenvalue weighted by molar-refractivity contribution is 5.94. The highest BCUT2D eigenvalue weighted by Crippen LogP contribution is 2.23. The second-order valence-electron chi connectivity index (χ2n) is 8.81. The van der Waals surface area contributed by atoms with Gasteiger partial charge in [-0.05, 0) is 49.0 Å². The Hall–Kier alpha value is -1.43. The zero-order valence-electron chi connectivity index (χ0n) is 16.3. The molecule has 2 aliphatic rings. The summed E-state index contributed by atoms with van der Waals surface area (Å²) in [5.41, 5.74) is 0.942. The number of hydrogen-bond acceptors (Lipinski definition) is 4. The van der Waals surface area contributed by atoms with Crippen LogP contribution in [0.5, 0.6) is 0 Å². The normalized spacial score (nSPS) is 25.3. The minimum Gasteiger partial charge on any atom is -0.384 e. The van der Waals surface area contributed by atoms with Crippen molar-refractivity contribution in [2.45, 2.75) is 44.6 Å². The average Bonchev–Trinajstić information content (AvgIpc) is 3.01. The lowest BCUT2D eigenvalue weighted by molar-refractivity contribution is -0.0524. The van der Waals surface area contributed by atoms with Crippen molar-refractivity contribution in [3.05, 3.63) is 35.4 Å². The molecule has 1 aromatic carbocycles. The molecular formula is C21H32N2O3. The van der Waals surface area contributed by atoms with Crippen molar-refractivity contribution in [3.63, 3.8) is 0 Å². The molecule has 1 N–H and O–H groups in total.